The molecule has 0 radical (unpaired) electrons. The highest BCUT2D eigenvalue weighted by Crippen LogP contribution is 2.47. The number of fused-ring (bicyclic) bond motifs is 1. The molecule has 2 aliphatic rings. The molecule has 8 nitrogen and oxygen atoms in total. The summed E-state index contributed by atoms with van der Waals surface area (Å²) in [4.78, 5) is 37.8. The Morgan fingerprint density at radius 2 is 1.88 bits per heavy atom. The molecule has 142 valence electrons. The van der Waals surface area contributed by atoms with Gasteiger partial charge in [-0.25, -0.2) is 9.59 Å². The van der Waals surface area contributed by atoms with Gasteiger partial charge in [0.1, 0.15) is 25.0 Å². The van der Waals surface area contributed by atoms with Gasteiger partial charge < -0.3 is 24.2 Å². The summed E-state index contributed by atoms with van der Waals surface area (Å²) in [6.45, 7) is 9.93. The number of hydrogen-bond donors (Lipinski definition) is 1. The predicted molar refractivity (Wildman–Crippen MR) is 90.6 cm³/mol. The Bertz CT molecular complexity index is 654. The van der Waals surface area contributed by atoms with Gasteiger partial charge in [-0.05, 0) is 12.5 Å². The van der Waals surface area contributed by atoms with Crippen LogP contribution in [0.2, 0.25) is 0 Å². The molecule has 4 atom stereocenters. The molecule has 0 saturated carbocycles. The van der Waals surface area contributed by atoms with Crippen LogP contribution in [0.4, 0.5) is 4.79 Å². The number of amides is 1. The lowest BCUT2D eigenvalue weighted by molar-refractivity contribution is -0.164. The number of carbonyl (C=O) groups is 3. The molecule has 0 aromatic rings. The minimum atomic E-state index is -0.893. The Balaban J connectivity index is 2.14. The van der Waals surface area contributed by atoms with Gasteiger partial charge in [-0.3, -0.25) is 4.79 Å². The van der Waals surface area contributed by atoms with E-state index in [1.807, 2.05) is 0 Å². The first-order valence-corrected chi connectivity index (χ1v) is 8.28. The van der Waals surface area contributed by atoms with E-state index in [1.54, 1.807) is 13.8 Å². The summed E-state index contributed by atoms with van der Waals surface area (Å²) < 4.78 is 14.9. The molecule has 0 aromatic heterocycles. The van der Waals surface area contributed by atoms with Crippen LogP contribution < -0.4 is 0 Å². The van der Waals surface area contributed by atoms with Crippen LogP contribution in [0.5, 0.6) is 0 Å². The van der Waals surface area contributed by atoms with E-state index in [0.29, 0.717) is 5.57 Å². The van der Waals surface area contributed by atoms with E-state index >= 15 is 0 Å². The number of aliphatic hydroxyl groups excluding tert-OH is 1. The van der Waals surface area contributed by atoms with Crippen molar-refractivity contribution < 1.29 is 33.7 Å². The fraction of sp³-hybridized carbons (Fsp3) is 0.500. The Hall–Kier alpha value is -2.61. The molecule has 0 aromatic carbocycles. The first-order chi connectivity index (χ1) is 12.4. The van der Waals surface area contributed by atoms with E-state index in [1.165, 1.54) is 17.1 Å². The van der Waals surface area contributed by atoms with Crippen molar-refractivity contribution in [3.63, 3.8) is 0 Å². The minimum absolute atomic E-state index is 0.000205. The molecule has 8 heteroatoms. The first kappa shape index (κ1) is 19.7. The summed E-state index contributed by atoms with van der Waals surface area (Å²) in [5.41, 5.74) is 0.496. The predicted octanol–water partition coefficient (Wildman–Crippen LogP) is 1.17. The van der Waals surface area contributed by atoms with Crippen LogP contribution in [0.1, 0.15) is 13.8 Å². The fourth-order valence-corrected chi connectivity index (χ4v) is 3.42. The second kappa shape index (κ2) is 8.18. The van der Waals surface area contributed by atoms with Crippen LogP contribution in [0, 0.1) is 11.8 Å². The van der Waals surface area contributed by atoms with Crippen LogP contribution >= 0.6 is 0 Å². The van der Waals surface area contributed by atoms with Crippen molar-refractivity contribution in [3.8, 4) is 0 Å². The summed E-state index contributed by atoms with van der Waals surface area (Å²) in [7, 11) is 0. The third-order valence-corrected chi connectivity index (χ3v) is 4.60. The summed E-state index contributed by atoms with van der Waals surface area (Å²) in [5, 5.41) is 9.66. The molecule has 0 aliphatic carbocycles. The lowest BCUT2D eigenvalue weighted by atomic mass is 9.78. The zero-order valence-electron chi connectivity index (χ0n) is 14.8. The number of carbonyl (C=O) groups excluding carboxylic acids is 3. The summed E-state index contributed by atoms with van der Waals surface area (Å²) in [6.07, 6.45) is 1.18. The van der Waals surface area contributed by atoms with Crippen molar-refractivity contribution in [3.05, 3.63) is 36.6 Å². The van der Waals surface area contributed by atoms with E-state index in [-0.39, 0.29) is 37.3 Å². The van der Waals surface area contributed by atoms with E-state index in [0.717, 1.165) is 0 Å². The molecule has 2 aliphatic heterocycles. The molecule has 0 spiro atoms. The molecule has 1 amide bonds. The van der Waals surface area contributed by atoms with Crippen molar-refractivity contribution in [2.24, 2.45) is 11.8 Å². The van der Waals surface area contributed by atoms with Crippen molar-refractivity contribution in [2.45, 2.75) is 26.0 Å². The highest BCUT2D eigenvalue weighted by molar-refractivity contribution is 6.00. The van der Waals surface area contributed by atoms with E-state index in [9.17, 15) is 19.5 Å². The van der Waals surface area contributed by atoms with Gasteiger partial charge >= 0.3 is 12.1 Å². The van der Waals surface area contributed by atoms with E-state index < -0.39 is 30.2 Å². The van der Waals surface area contributed by atoms with Crippen LogP contribution in [0.15, 0.2) is 36.6 Å². The highest BCUT2D eigenvalue weighted by Gasteiger charge is 2.60. The van der Waals surface area contributed by atoms with Gasteiger partial charge in [0.25, 0.3) is 0 Å². The Morgan fingerprint density at radius 3 is 2.46 bits per heavy atom. The van der Waals surface area contributed by atoms with Gasteiger partial charge in [0.15, 0.2) is 0 Å². The highest BCUT2D eigenvalue weighted by atomic mass is 16.7. The molecule has 0 bridgehead atoms. The summed E-state index contributed by atoms with van der Waals surface area (Å²) >= 11 is 0. The molecular weight excluding hydrogens is 342 g/mol. The van der Waals surface area contributed by atoms with Crippen molar-refractivity contribution in [1.29, 1.82) is 0 Å². The second-order valence-corrected chi connectivity index (χ2v) is 6.11. The molecule has 1 unspecified atom stereocenters. The molecule has 2 rings (SSSR count). The van der Waals surface area contributed by atoms with E-state index in [2.05, 4.69) is 13.2 Å². The first-order valence-electron chi connectivity index (χ1n) is 8.28. The van der Waals surface area contributed by atoms with Crippen LogP contribution in [0.25, 0.3) is 0 Å². The molecular formula is C18H23NO7. The van der Waals surface area contributed by atoms with Gasteiger partial charge in [-0.2, -0.15) is 0 Å². The number of ether oxygens (including phenoxy) is 3. The standard InChI is InChI=1S/C18H23NO7/c1-5-7-24-17(22)15-12(9-20)10(3)14-13(16(21)19(14)15)11(4)26-18(23)25-8-6-2/h5-6,10-11,13-14,20H,1-2,7-9H2,3-4H3/t10?,11-,13-,14-/m1/s1. The Morgan fingerprint density at radius 1 is 1.27 bits per heavy atom. The third-order valence-electron chi connectivity index (χ3n) is 4.60. The van der Waals surface area contributed by atoms with Gasteiger partial charge in [0.05, 0.1) is 18.6 Å². The Kier molecular flexibility index (Phi) is 6.20. The number of hydrogen-bond acceptors (Lipinski definition) is 7. The number of aliphatic hydroxyl groups is 1. The van der Waals surface area contributed by atoms with Crippen molar-refractivity contribution in [1.82, 2.24) is 4.90 Å². The van der Waals surface area contributed by atoms with Gasteiger partial charge in [-0.1, -0.05) is 32.2 Å². The van der Waals surface area contributed by atoms with Crippen LogP contribution in [0.3, 0.4) is 0 Å². The van der Waals surface area contributed by atoms with Gasteiger partial charge in [-0.15, -0.1) is 0 Å². The molecule has 1 N–H and O–H groups in total. The topological polar surface area (TPSA) is 102 Å². The summed E-state index contributed by atoms with van der Waals surface area (Å²) in [5.74, 6) is -1.95. The maximum Gasteiger partial charge on any atom is 0.508 e. The number of β-lactam (4-membered cyclic amide) rings is 1. The smallest absolute Gasteiger partial charge is 0.457 e. The minimum Gasteiger partial charge on any atom is -0.457 e. The maximum atomic E-state index is 12.6. The maximum absolute atomic E-state index is 12.6. The molecule has 26 heavy (non-hydrogen) atoms. The Labute approximate surface area is 151 Å². The third kappa shape index (κ3) is 3.37. The SMILES string of the molecule is C=CCOC(=O)O[C@H](C)[C@H]1C(=O)N2C(C(=O)OCC=C)=C(CO)C(C)[C@H]12. The van der Waals surface area contributed by atoms with Crippen molar-refractivity contribution in [2.75, 3.05) is 19.8 Å². The van der Waals surface area contributed by atoms with Crippen LogP contribution in [-0.2, 0) is 23.8 Å². The second-order valence-electron chi connectivity index (χ2n) is 6.11. The van der Waals surface area contributed by atoms with Gasteiger partial charge in [0, 0.05) is 5.92 Å². The van der Waals surface area contributed by atoms with Gasteiger partial charge in [0.2, 0.25) is 5.91 Å². The monoisotopic (exact) mass is 365 g/mol. The quantitative estimate of drug-likeness (QED) is 0.391. The number of esters is 1. The summed E-state index contributed by atoms with van der Waals surface area (Å²) in [6, 6.07) is -0.391. The van der Waals surface area contributed by atoms with Crippen molar-refractivity contribution >= 4 is 18.0 Å². The zero-order chi connectivity index (χ0) is 19.4. The number of rotatable bonds is 8. The largest absolute Gasteiger partial charge is 0.508 e. The fourth-order valence-electron chi connectivity index (χ4n) is 3.42. The lowest BCUT2D eigenvalue weighted by Crippen LogP contribution is -2.64. The number of nitrogens with zero attached hydrogens (tertiary/aromatic N) is 1. The normalized spacial score (nSPS) is 25.1. The average Bonchev–Trinajstić information content (AvgIpc) is 2.86. The molecule has 1 saturated heterocycles. The van der Waals surface area contributed by atoms with Crippen LogP contribution in [-0.4, -0.2) is 60.0 Å². The molecule has 2 heterocycles. The molecule has 1 fully saturated rings. The van der Waals surface area contributed by atoms with E-state index in [4.69, 9.17) is 14.2 Å². The zero-order valence-corrected chi connectivity index (χ0v) is 14.8. The lowest BCUT2D eigenvalue weighted by Gasteiger charge is -2.47. The average molecular weight is 365 g/mol.